The van der Waals surface area contributed by atoms with Gasteiger partial charge in [-0.05, 0) is 33.6 Å². The molecule has 0 aliphatic heterocycles. The van der Waals surface area contributed by atoms with Gasteiger partial charge in [0.15, 0.2) is 0 Å². The number of halogens is 7. The van der Waals surface area contributed by atoms with Gasteiger partial charge in [-0.15, -0.1) is 0 Å². The number of thioether (sulfide) groups is 1. The van der Waals surface area contributed by atoms with Gasteiger partial charge in [-0.2, -0.15) is 36.5 Å². The van der Waals surface area contributed by atoms with Crippen LogP contribution in [0, 0.1) is 0 Å². The lowest BCUT2D eigenvalue weighted by Gasteiger charge is -2.05. The number of hydrogen-bond acceptors (Lipinski definition) is 3. The van der Waals surface area contributed by atoms with Gasteiger partial charge in [0, 0.05) is 18.1 Å². The highest BCUT2D eigenvalue weighted by atomic mass is 79.9. The first kappa shape index (κ1) is 23.3. The van der Waals surface area contributed by atoms with E-state index in [0.717, 1.165) is 14.9 Å². The molecule has 0 aliphatic carbocycles. The highest BCUT2D eigenvalue weighted by molar-refractivity contribution is 9.10. The summed E-state index contributed by atoms with van der Waals surface area (Å²) >= 11 is 4.36. The quantitative estimate of drug-likeness (QED) is 0.321. The first-order valence-corrected chi connectivity index (χ1v) is 9.81. The number of alkyl halides is 6. The Bertz CT molecular complexity index is 876. The molecule has 2 aromatic heterocycles. The minimum atomic E-state index is -4.23. The standard InChI is InChI=1S/C12H11F3N2S.C5H4BrF3N2/c13-12(14,15)9-17-7-6-11(16-17)18-8-10-4-2-1-3-5-10;6-4-1-2-11(10-4)3-5(7,8)9/h1-7H,8-9H2;1-2H,3H2. The van der Waals surface area contributed by atoms with Crippen LogP contribution in [0.4, 0.5) is 26.3 Å². The molecule has 0 unspecified atom stereocenters. The average Bonchev–Trinajstić information content (AvgIpc) is 3.20. The normalized spacial score (nSPS) is 11.8. The van der Waals surface area contributed by atoms with Crippen LogP contribution in [0.15, 0.2) is 64.5 Å². The third-order valence-corrected chi connectivity index (χ3v) is 4.55. The molecule has 0 atom stereocenters. The number of nitrogens with zero attached hydrogens (tertiary/aromatic N) is 4. The van der Waals surface area contributed by atoms with Crippen molar-refractivity contribution in [2.45, 2.75) is 36.2 Å². The fraction of sp³-hybridized carbons (Fsp3) is 0.294. The van der Waals surface area contributed by atoms with Gasteiger partial charge in [0.2, 0.25) is 0 Å². The molecule has 158 valence electrons. The minimum absolute atomic E-state index is 0.404. The van der Waals surface area contributed by atoms with Crippen LogP contribution in [0.5, 0.6) is 0 Å². The van der Waals surface area contributed by atoms with E-state index in [0.29, 0.717) is 15.4 Å². The highest BCUT2D eigenvalue weighted by Crippen LogP contribution is 2.22. The van der Waals surface area contributed by atoms with E-state index < -0.39 is 25.4 Å². The zero-order valence-corrected chi connectivity index (χ0v) is 17.1. The summed E-state index contributed by atoms with van der Waals surface area (Å²) < 4.78 is 73.6. The van der Waals surface area contributed by atoms with Crippen LogP contribution in [0.25, 0.3) is 0 Å². The van der Waals surface area contributed by atoms with Gasteiger partial charge >= 0.3 is 12.4 Å². The molecule has 0 fully saturated rings. The van der Waals surface area contributed by atoms with Gasteiger partial charge in [-0.25, -0.2) is 0 Å². The Morgan fingerprint density at radius 2 is 1.34 bits per heavy atom. The maximum absolute atomic E-state index is 12.1. The molecular weight excluding hydrogens is 486 g/mol. The van der Waals surface area contributed by atoms with E-state index in [1.54, 1.807) is 6.07 Å². The van der Waals surface area contributed by atoms with Crippen molar-refractivity contribution in [2.24, 2.45) is 0 Å². The van der Waals surface area contributed by atoms with E-state index in [9.17, 15) is 26.3 Å². The number of aromatic nitrogens is 4. The smallest absolute Gasteiger partial charge is 0.262 e. The molecule has 0 N–H and O–H groups in total. The van der Waals surface area contributed by atoms with Crippen LogP contribution >= 0.6 is 27.7 Å². The summed E-state index contributed by atoms with van der Waals surface area (Å²) in [6.07, 6.45) is -5.82. The lowest BCUT2D eigenvalue weighted by atomic mass is 10.2. The molecule has 0 amide bonds. The van der Waals surface area contributed by atoms with Gasteiger partial charge in [-0.3, -0.25) is 9.36 Å². The van der Waals surface area contributed by atoms with Crippen LogP contribution in [-0.2, 0) is 18.8 Å². The first-order chi connectivity index (χ1) is 13.5. The molecule has 29 heavy (non-hydrogen) atoms. The monoisotopic (exact) mass is 500 g/mol. The predicted molar refractivity (Wildman–Crippen MR) is 100 cm³/mol. The van der Waals surface area contributed by atoms with Crippen LogP contribution in [-0.4, -0.2) is 31.9 Å². The van der Waals surface area contributed by atoms with Gasteiger partial charge in [0.25, 0.3) is 0 Å². The average molecular weight is 501 g/mol. The van der Waals surface area contributed by atoms with E-state index in [-0.39, 0.29) is 0 Å². The second kappa shape index (κ2) is 10.2. The van der Waals surface area contributed by atoms with Crippen molar-refractivity contribution < 1.29 is 26.3 Å². The van der Waals surface area contributed by atoms with Gasteiger partial charge in [0.05, 0.1) is 0 Å². The number of rotatable bonds is 5. The van der Waals surface area contributed by atoms with E-state index in [1.165, 1.54) is 30.2 Å². The van der Waals surface area contributed by atoms with Crippen molar-refractivity contribution in [3.63, 3.8) is 0 Å². The third kappa shape index (κ3) is 9.88. The summed E-state index contributed by atoms with van der Waals surface area (Å²) in [6, 6.07) is 12.8. The molecule has 1 aromatic carbocycles. The fourth-order valence-electron chi connectivity index (χ4n) is 2.03. The molecular formula is C17H15BrF6N4S. The van der Waals surface area contributed by atoms with E-state index >= 15 is 0 Å². The molecule has 3 aromatic rings. The van der Waals surface area contributed by atoms with E-state index in [2.05, 4.69) is 26.1 Å². The SMILES string of the molecule is FC(F)(F)Cn1ccc(Br)n1.FC(F)(F)Cn1ccc(SCc2ccccc2)n1. The van der Waals surface area contributed by atoms with Gasteiger partial charge < -0.3 is 0 Å². The second-order valence-electron chi connectivity index (χ2n) is 5.69. The van der Waals surface area contributed by atoms with Crippen LogP contribution < -0.4 is 0 Å². The Labute approximate surface area is 175 Å². The summed E-state index contributed by atoms with van der Waals surface area (Å²) in [5.74, 6) is 0.698. The van der Waals surface area contributed by atoms with Crippen molar-refractivity contribution in [1.82, 2.24) is 19.6 Å². The molecule has 0 aliphatic rings. The Balaban J connectivity index is 0.000000234. The Hall–Kier alpha value is -1.95. The number of hydrogen-bond donors (Lipinski definition) is 0. The number of benzene rings is 1. The van der Waals surface area contributed by atoms with E-state index in [1.807, 2.05) is 30.3 Å². The topological polar surface area (TPSA) is 35.6 Å². The van der Waals surface area contributed by atoms with Crippen molar-refractivity contribution in [3.8, 4) is 0 Å². The molecule has 2 heterocycles. The van der Waals surface area contributed by atoms with Gasteiger partial charge in [0.1, 0.15) is 22.7 Å². The highest BCUT2D eigenvalue weighted by Gasteiger charge is 2.28. The third-order valence-electron chi connectivity index (χ3n) is 3.14. The summed E-state index contributed by atoms with van der Waals surface area (Å²) in [7, 11) is 0. The van der Waals surface area contributed by atoms with Crippen molar-refractivity contribution in [1.29, 1.82) is 0 Å². The largest absolute Gasteiger partial charge is 0.408 e. The zero-order valence-electron chi connectivity index (χ0n) is 14.7. The van der Waals surface area contributed by atoms with Crippen molar-refractivity contribution in [2.75, 3.05) is 0 Å². The first-order valence-electron chi connectivity index (χ1n) is 8.03. The Morgan fingerprint density at radius 1 is 0.793 bits per heavy atom. The molecule has 0 radical (unpaired) electrons. The molecule has 0 saturated carbocycles. The maximum Gasteiger partial charge on any atom is 0.408 e. The second-order valence-corrected chi connectivity index (χ2v) is 7.50. The molecule has 4 nitrogen and oxygen atoms in total. The summed E-state index contributed by atoms with van der Waals surface area (Å²) in [5.41, 5.74) is 1.12. The van der Waals surface area contributed by atoms with Gasteiger partial charge in [-0.1, -0.05) is 42.1 Å². The van der Waals surface area contributed by atoms with Crippen LogP contribution in [0.2, 0.25) is 0 Å². The Morgan fingerprint density at radius 3 is 1.86 bits per heavy atom. The predicted octanol–water partition coefficient (Wildman–Crippen LogP) is 5.95. The van der Waals surface area contributed by atoms with Crippen molar-refractivity contribution in [3.05, 3.63) is 65.0 Å². The molecule has 3 rings (SSSR count). The lowest BCUT2D eigenvalue weighted by Crippen LogP contribution is -2.17. The van der Waals surface area contributed by atoms with E-state index in [4.69, 9.17) is 0 Å². The fourth-order valence-corrected chi connectivity index (χ4v) is 3.18. The minimum Gasteiger partial charge on any atom is -0.262 e. The van der Waals surface area contributed by atoms with Crippen LogP contribution in [0.1, 0.15) is 5.56 Å². The van der Waals surface area contributed by atoms with Crippen molar-refractivity contribution >= 4 is 27.7 Å². The maximum atomic E-state index is 12.1. The molecule has 0 saturated heterocycles. The van der Waals surface area contributed by atoms with Crippen LogP contribution in [0.3, 0.4) is 0 Å². The summed E-state index contributed by atoms with van der Waals surface area (Å²) in [6.45, 7) is -2.09. The molecule has 0 spiro atoms. The lowest BCUT2D eigenvalue weighted by molar-refractivity contribution is -0.143. The molecule has 0 bridgehead atoms. The molecule has 12 heteroatoms. The summed E-state index contributed by atoms with van der Waals surface area (Å²) in [4.78, 5) is 0. The zero-order chi connectivity index (χ0) is 21.5. The Kier molecular flexibility index (Phi) is 8.20. The summed E-state index contributed by atoms with van der Waals surface area (Å²) in [5, 5.41) is 7.98.